The first kappa shape index (κ1) is 19.4. The van der Waals surface area contributed by atoms with Crippen LogP contribution >= 0.6 is 0 Å². The molecule has 1 aliphatic rings. The molecule has 0 spiro atoms. The minimum absolute atomic E-state index is 0.0680. The third-order valence-electron chi connectivity index (χ3n) is 5.15. The second-order valence-corrected chi connectivity index (χ2v) is 7.00. The summed E-state index contributed by atoms with van der Waals surface area (Å²) in [5.74, 6) is -0.107. The number of amides is 2. The molecule has 6 heteroatoms. The van der Waals surface area contributed by atoms with Crippen LogP contribution < -0.4 is 10.6 Å². The summed E-state index contributed by atoms with van der Waals surface area (Å²) in [5.41, 5.74) is 4.56. The van der Waals surface area contributed by atoms with E-state index in [1.807, 2.05) is 18.7 Å². The standard InChI is InChI=1S/C22H24N4O2/c1-15-16(2)20(10-9-19(15)22(28)26-11-3-4-12-26)25-21(27)14-24-18-7-5-17(13-23)6-8-18/h5-10,24H,3-4,11-12,14H2,1-2H3,(H,25,27). The lowest BCUT2D eigenvalue weighted by Crippen LogP contribution is -2.28. The van der Waals surface area contributed by atoms with Gasteiger partial charge in [-0.05, 0) is 74.2 Å². The van der Waals surface area contributed by atoms with E-state index in [0.29, 0.717) is 16.8 Å². The second-order valence-electron chi connectivity index (χ2n) is 7.00. The molecule has 0 atom stereocenters. The maximum Gasteiger partial charge on any atom is 0.254 e. The van der Waals surface area contributed by atoms with Crippen LogP contribution in [0.4, 0.5) is 11.4 Å². The van der Waals surface area contributed by atoms with Crippen LogP contribution in [0.25, 0.3) is 0 Å². The summed E-state index contributed by atoms with van der Waals surface area (Å²) in [6.07, 6.45) is 2.12. The molecule has 1 heterocycles. The molecule has 2 N–H and O–H groups in total. The molecule has 1 aliphatic heterocycles. The average Bonchev–Trinajstić information content (AvgIpc) is 3.25. The minimum atomic E-state index is -0.175. The number of nitriles is 1. The Bertz CT molecular complexity index is 923. The number of nitrogens with one attached hydrogen (secondary N) is 2. The number of nitrogens with zero attached hydrogens (tertiary/aromatic N) is 2. The summed E-state index contributed by atoms with van der Waals surface area (Å²) in [6, 6.07) is 12.6. The lowest BCUT2D eigenvalue weighted by atomic mass is 10.0. The van der Waals surface area contributed by atoms with Crippen molar-refractivity contribution < 1.29 is 9.59 Å². The smallest absolute Gasteiger partial charge is 0.254 e. The zero-order valence-corrected chi connectivity index (χ0v) is 16.2. The molecule has 6 nitrogen and oxygen atoms in total. The Balaban J connectivity index is 1.63. The van der Waals surface area contributed by atoms with Crippen molar-refractivity contribution in [2.75, 3.05) is 30.3 Å². The average molecular weight is 376 g/mol. The highest BCUT2D eigenvalue weighted by atomic mass is 16.2. The van der Waals surface area contributed by atoms with Gasteiger partial charge in [-0.2, -0.15) is 5.26 Å². The summed E-state index contributed by atoms with van der Waals surface area (Å²) in [4.78, 5) is 26.9. The van der Waals surface area contributed by atoms with Crippen molar-refractivity contribution in [1.82, 2.24) is 4.90 Å². The maximum absolute atomic E-state index is 12.7. The Labute approximate surface area is 165 Å². The first-order valence-electron chi connectivity index (χ1n) is 9.43. The molecule has 0 bridgehead atoms. The molecule has 28 heavy (non-hydrogen) atoms. The molecule has 144 valence electrons. The monoisotopic (exact) mass is 376 g/mol. The molecular weight excluding hydrogens is 352 g/mol. The van der Waals surface area contributed by atoms with Crippen LogP contribution in [0.2, 0.25) is 0 Å². The van der Waals surface area contributed by atoms with Crippen molar-refractivity contribution in [2.45, 2.75) is 26.7 Å². The van der Waals surface area contributed by atoms with Gasteiger partial charge in [0.15, 0.2) is 0 Å². The highest BCUT2D eigenvalue weighted by Crippen LogP contribution is 2.24. The highest BCUT2D eigenvalue weighted by Gasteiger charge is 2.22. The molecule has 0 unspecified atom stereocenters. The minimum Gasteiger partial charge on any atom is -0.376 e. The van der Waals surface area contributed by atoms with Gasteiger partial charge in [-0.15, -0.1) is 0 Å². The number of benzene rings is 2. The van der Waals surface area contributed by atoms with Gasteiger partial charge in [0.05, 0.1) is 18.2 Å². The second kappa shape index (κ2) is 8.57. The van der Waals surface area contributed by atoms with Crippen LogP contribution in [0.15, 0.2) is 36.4 Å². The molecule has 0 aliphatic carbocycles. The lowest BCUT2D eigenvalue weighted by Gasteiger charge is -2.19. The predicted molar refractivity (Wildman–Crippen MR) is 109 cm³/mol. The van der Waals surface area contributed by atoms with Crippen LogP contribution in [0, 0.1) is 25.2 Å². The number of carbonyl (C=O) groups is 2. The number of likely N-dealkylation sites (tertiary alicyclic amines) is 1. The van der Waals surface area contributed by atoms with E-state index in [-0.39, 0.29) is 18.4 Å². The van der Waals surface area contributed by atoms with Crippen molar-refractivity contribution >= 4 is 23.2 Å². The third kappa shape index (κ3) is 4.32. The van der Waals surface area contributed by atoms with Crippen molar-refractivity contribution in [1.29, 1.82) is 5.26 Å². The number of anilines is 2. The summed E-state index contributed by atoms with van der Waals surface area (Å²) in [6.45, 7) is 5.58. The molecule has 0 saturated carbocycles. The van der Waals surface area contributed by atoms with Gasteiger partial charge in [0.1, 0.15) is 0 Å². The fourth-order valence-corrected chi connectivity index (χ4v) is 3.32. The number of hydrogen-bond donors (Lipinski definition) is 2. The quantitative estimate of drug-likeness (QED) is 0.837. The van der Waals surface area contributed by atoms with E-state index in [9.17, 15) is 9.59 Å². The molecular formula is C22H24N4O2. The maximum atomic E-state index is 12.7. The fourth-order valence-electron chi connectivity index (χ4n) is 3.32. The third-order valence-corrected chi connectivity index (χ3v) is 5.15. The van der Waals surface area contributed by atoms with E-state index in [4.69, 9.17) is 5.26 Å². The first-order valence-corrected chi connectivity index (χ1v) is 9.43. The highest BCUT2D eigenvalue weighted by molar-refractivity contribution is 5.99. The van der Waals surface area contributed by atoms with Gasteiger partial charge in [-0.25, -0.2) is 0 Å². The van der Waals surface area contributed by atoms with Crippen molar-refractivity contribution in [3.05, 3.63) is 58.7 Å². The molecule has 1 fully saturated rings. The van der Waals surface area contributed by atoms with Gasteiger partial charge >= 0.3 is 0 Å². The van der Waals surface area contributed by atoms with Crippen LogP contribution in [-0.2, 0) is 4.79 Å². The predicted octanol–water partition coefficient (Wildman–Crippen LogP) is 3.46. The molecule has 1 saturated heterocycles. The molecule has 2 amide bonds. The zero-order chi connectivity index (χ0) is 20.1. The largest absolute Gasteiger partial charge is 0.376 e. The number of rotatable bonds is 5. The molecule has 3 rings (SSSR count). The van der Waals surface area contributed by atoms with E-state index >= 15 is 0 Å². The Kier molecular flexibility index (Phi) is 5.95. The van der Waals surface area contributed by atoms with Gasteiger partial charge in [-0.1, -0.05) is 0 Å². The van der Waals surface area contributed by atoms with E-state index in [2.05, 4.69) is 16.7 Å². The number of carbonyl (C=O) groups excluding carboxylic acids is 2. The van der Waals surface area contributed by atoms with E-state index in [0.717, 1.165) is 42.7 Å². The van der Waals surface area contributed by atoms with Crippen molar-refractivity contribution in [3.8, 4) is 6.07 Å². The zero-order valence-electron chi connectivity index (χ0n) is 16.2. The van der Waals surface area contributed by atoms with E-state index < -0.39 is 0 Å². The topological polar surface area (TPSA) is 85.2 Å². The van der Waals surface area contributed by atoms with E-state index in [1.165, 1.54) is 0 Å². The molecule has 0 radical (unpaired) electrons. The van der Waals surface area contributed by atoms with Crippen LogP contribution in [0.1, 0.15) is 39.9 Å². The normalized spacial score (nSPS) is 13.1. The SMILES string of the molecule is Cc1c(NC(=O)CNc2ccc(C#N)cc2)ccc(C(=O)N2CCCC2)c1C. The van der Waals surface area contributed by atoms with Crippen LogP contribution in [0.5, 0.6) is 0 Å². The van der Waals surface area contributed by atoms with Gasteiger partial charge in [0.25, 0.3) is 5.91 Å². The molecule has 2 aromatic carbocycles. The van der Waals surface area contributed by atoms with Crippen molar-refractivity contribution in [3.63, 3.8) is 0 Å². The van der Waals surface area contributed by atoms with Crippen LogP contribution in [0.3, 0.4) is 0 Å². The summed E-state index contributed by atoms with van der Waals surface area (Å²) in [7, 11) is 0. The first-order chi connectivity index (χ1) is 13.5. The van der Waals surface area contributed by atoms with E-state index in [1.54, 1.807) is 36.4 Å². The van der Waals surface area contributed by atoms with Gasteiger partial charge < -0.3 is 15.5 Å². The Hall–Kier alpha value is -3.33. The Morgan fingerprint density at radius 3 is 2.36 bits per heavy atom. The van der Waals surface area contributed by atoms with Crippen molar-refractivity contribution in [2.24, 2.45) is 0 Å². The summed E-state index contributed by atoms with van der Waals surface area (Å²) < 4.78 is 0. The Morgan fingerprint density at radius 2 is 1.71 bits per heavy atom. The van der Waals surface area contributed by atoms with Gasteiger partial charge in [0.2, 0.25) is 5.91 Å². The fraction of sp³-hybridized carbons (Fsp3) is 0.318. The van der Waals surface area contributed by atoms with Crippen LogP contribution in [-0.4, -0.2) is 36.3 Å². The van der Waals surface area contributed by atoms with Gasteiger partial charge in [-0.3, -0.25) is 9.59 Å². The lowest BCUT2D eigenvalue weighted by molar-refractivity contribution is -0.114. The molecule has 2 aromatic rings. The van der Waals surface area contributed by atoms with Gasteiger partial charge in [0, 0.05) is 30.0 Å². The number of hydrogen-bond acceptors (Lipinski definition) is 4. The summed E-state index contributed by atoms with van der Waals surface area (Å²) >= 11 is 0. The molecule has 0 aromatic heterocycles. The Morgan fingerprint density at radius 1 is 1.04 bits per heavy atom. The summed E-state index contributed by atoms with van der Waals surface area (Å²) in [5, 5.41) is 14.8.